The van der Waals surface area contributed by atoms with E-state index in [1.165, 1.54) is 12.3 Å². The largest absolute Gasteiger partial charge is 0.324 e. The summed E-state index contributed by atoms with van der Waals surface area (Å²) in [5, 5.41) is 0. The molecule has 66 valence electrons. The number of nitrogens with two attached hydrogens (primary N) is 1. The average Bonchev–Trinajstić information content (AvgIpc) is 2.03. The molecule has 2 nitrogen and oxygen atoms in total. The molecule has 0 aliphatic heterocycles. The van der Waals surface area contributed by atoms with Crippen LogP contribution in [0, 0.1) is 12.9 Å². The third kappa shape index (κ3) is 1.80. The minimum absolute atomic E-state index is 0.0295. The van der Waals surface area contributed by atoms with Gasteiger partial charge in [-0.25, -0.2) is 4.98 Å². The molecule has 0 spiro atoms. The van der Waals surface area contributed by atoms with Crippen molar-refractivity contribution in [3.8, 4) is 0 Å². The molecule has 1 heterocycles. The summed E-state index contributed by atoms with van der Waals surface area (Å²) in [7, 11) is 0. The second kappa shape index (κ2) is 3.63. The van der Waals surface area contributed by atoms with Crippen LogP contribution in [0.4, 0.5) is 4.39 Å². The first kappa shape index (κ1) is 9.13. The Hall–Kier alpha value is -0.960. The third-order valence-electron chi connectivity index (χ3n) is 1.96. The van der Waals surface area contributed by atoms with Crippen LogP contribution in [0.1, 0.15) is 30.5 Å². The van der Waals surface area contributed by atoms with Crippen molar-refractivity contribution >= 4 is 0 Å². The molecular formula is C9H13FN2. The molecule has 0 bridgehead atoms. The summed E-state index contributed by atoms with van der Waals surface area (Å²) in [5.74, 6) is -0.445. The number of nitrogens with zero attached hydrogens (tertiary/aromatic N) is 1. The fourth-order valence-corrected chi connectivity index (χ4v) is 1.14. The summed E-state index contributed by atoms with van der Waals surface area (Å²) in [5.41, 5.74) is 7.58. The van der Waals surface area contributed by atoms with E-state index in [2.05, 4.69) is 4.98 Å². The van der Waals surface area contributed by atoms with Crippen LogP contribution in [0.3, 0.4) is 0 Å². The predicted octanol–water partition coefficient (Wildman–Crippen LogP) is 1.94. The van der Waals surface area contributed by atoms with E-state index in [4.69, 9.17) is 5.73 Å². The number of hydrogen-bond donors (Lipinski definition) is 1. The molecule has 1 rings (SSSR count). The molecule has 1 atom stereocenters. The van der Waals surface area contributed by atoms with Gasteiger partial charge in [-0.2, -0.15) is 4.39 Å². The molecule has 3 heteroatoms. The van der Waals surface area contributed by atoms with Crippen LogP contribution in [0.2, 0.25) is 0 Å². The van der Waals surface area contributed by atoms with Gasteiger partial charge in [0, 0.05) is 12.2 Å². The summed E-state index contributed by atoms with van der Waals surface area (Å²) in [6.45, 7) is 3.84. The third-order valence-corrected chi connectivity index (χ3v) is 1.96. The Labute approximate surface area is 71.6 Å². The number of rotatable bonds is 2. The van der Waals surface area contributed by atoms with Gasteiger partial charge in [0.1, 0.15) is 0 Å². The van der Waals surface area contributed by atoms with Crippen LogP contribution in [0.25, 0.3) is 0 Å². The number of aryl methyl sites for hydroxylation is 1. The van der Waals surface area contributed by atoms with Gasteiger partial charge in [-0.1, -0.05) is 6.92 Å². The molecule has 0 saturated heterocycles. The van der Waals surface area contributed by atoms with Crippen molar-refractivity contribution in [2.24, 2.45) is 5.73 Å². The molecule has 0 aliphatic rings. The Bertz CT molecular complexity index is 273. The van der Waals surface area contributed by atoms with Crippen LogP contribution in [0.5, 0.6) is 0 Å². The van der Waals surface area contributed by atoms with E-state index in [-0.39, 0.29) is 6.04 Å². The molecule has 0 aromatic carbocycles. The number of hydrogen-bond acceptors (Lipinski definition) is 2. The summed E-state index contributed by atoms with van der Waals surface area (Å²) >= 11 is 0. The van der Waals surface area contributed by atoms with Crippen molar-refractivity contribution in [3.05, 3.63) is 29.3 Å². The van der Waals surface area contributed by atoms with Crippen LogP contribution < -0.4 is 5.73 Å². The zero-order valence-corrected chi connectivity index (χ0v) is 7.34. The molecule has 0 amide bonds. The van der Waals surface area contributed by atoms with E-state index in [0.717, 1.165) is 17.5 Å². The number of aromatic nitrogens is 1. The second-order valence-corrected chi connectivity index (χ2v) is 2.88. The Kier molecular flexibility index (Phi) is 2.76. The van der Waals surface area contributed by atoms with E-state index in [1.807, 2.05) is 13.8 Å². The summed E-state index contributed by atoms with van der Waals surface area (Å²) in [6.07, 6.45) is 2.35. The maximum Gasteiger partial charge on any atom is 0.213 e. The van der Waals surface area contributed by atoms with Crippen molar-refractivity contribution in [2.75, 3.05) is 0 Å². The van der Waals surface area contributed by atoms with Crippen molar-refractivity contribution in [2.45, 2.75) is 26.3 Å². The Morgan fingerprint density at radius 1 is 1.67 bits per heavy atom. The summed E-state index contributed by atoms with van der Waals surface area (Å²) in [4.78, 5) is 3.56. The molecule has 1 aromatic rings. The van der Waals surface area contributed by atoms with E-state index in [1.54, 1.807) is 0 Å². The zero-order valence-electron chi connectivity index (χ0n) is 7.34. The lowest BCUT2D eigenvalue weighted by atomic mass is 10.0. The quantitative estimate of drug-likeness (QED) is 0.685. The van der Waals surface area contributed by atoms with Gasteiger partial charge in [-0.3, -0.25) is 0 Å². The normalized spacial score (nSPS) is 13.0. The fourth-order valence-electron chi connectivity index (χ4n) is 1.14. The van der Waals surface area contributed by atoms with Gasteiger partial charge in [-0.15, -0.1) is 0 Å². The van der Waals surface area contributed by atoms with E-state index < -0.39 is 5.95 Å². The molecule has 12 heavy (non-hydrogen) atoms. The van der Waals surface area contributed by atoms with Gasteiger partial charge in [-0.05, 0) is 30.5 Å². The van der Waals surface area contributed by atoms with Gasteiger partial charge in [0.2, 0.25) is 5.95 Å². The van der Waals surface area contributed by atoms with Gasteiger partial charge in [0.25, 0.3) is 0 Å². The minimum Gasteiger partial charge on any atom is -0.324 e. The molecule has 0 saturated carbocycles. The first-order valence-corrected chi connectivity index (χ1v) is 4.02. The molecule has 0 radical (unpaired) electrons. The minimum atomic E-state index is -0.445. The van der Waals surface area contributed by atoms with Crippen molar-refractivity contribution in [1.29, 1.82) is 0 Å². The lowest BCUT2D eigenvalue weighted by Crippen LogP contribution is -2.11. The molecular weight excluding hydrogens is 155 g/mol. The van der Waals surface area contributed by atoms with Crippen molar-refractivity contribution < 1.29 is 4.39 Å². The topological polar surface area (TPSA) is 38.9 Å². The van der Waals surface area contributed by atoms with Crippen LogP contribution in [0.15, 0.2) is 12.3 Å². The van der Waals surface area contributed by atoms with Gasteiger partial charge in [0.15, 0.2) is 0 Å². The Balaban J connectivity index is 3.01. The highest BCUT2D eigenvalue weighted by Crippen LogP contribution is 2.16. The van der Waals surface area contributed by atoms with Crippen LogP contribution >= 0.6 is 0 Å². The standard InChI is InChI=1S/C9H13FN2/c1-3-8(11)7-5-12-9(10)4-6(7)2/h4-5,8H,3,11H2,1-2H3/t8-/m1/s1. The first-order chi connectivity index (χ1) is 5.65. The van der Waals surface area contributed by atoms with Crippen molar-refractivity contribution in [1.82, 2.24) is 4.98 Å². The monoisotopic (exact) mass is 168 g/mol. The summed E-state index contributed by atoms with van der Waals surface area (Å²) < 4.78 is 12.6. The van der Waals surface area contributed by atoms with Crippen molar-refractivity contribution in [3.63, 3.8) is 0 Å². The van der Waals surface area contributed by atoms with E-state index in [0.29, 0.717) is 0 Å². The molecule has 2 N–H and O–H groups in total. The first-order valence-electron chi connectivity index (χ1n) is 4.02. The Morgan fingerprint density at radius 2 is 2.33 bits per heavy atom. The van der Waals surface area contributed by atoms with E-state index >= 15 is 0 Å². The van der Waals surface area contributed by atoms with Crippen LogP contribution in [-0.2, 0) is 0 Å². The number of pyridine rings is 1. The average molecular weight is 168 g/mol. The fraction of sp³-hybridized carbons (Fsp3) is 0.444. The highest BCUT2D eigenvalue weighted by molar-refractivity contribution is 5.24. The van der Waals surface area contributed by atoms with Gasteiger partial charge < -0.3 is 5.73 Å². The Morgan fingerprint density at radius 3 is 2.83 bits per heavy atom. The lowest BCUT2D eigenvalue weighted by Gasteiger charge is -2.11. The smallest absolute Gasteiger partial charge is 0.213 e. The maximum atomic E-state index is 12.6. The zero-order chi connectivity index (χ0) is 9.14. The number of halogens is 1. The molecule has 0 aliphatic carbocycles. The summed E-state index contributed by atoms with van der Waals surface area (Å²) in [6, 6.07) is 1.38. The van der Waals surface area contributed by atoms with Gasteiger partial charge in [0.05, 0.1) is 0 Å². The molecule has 0 unspecified atom stereocenters. The van der Waals surface area contributed by atoms with Gasteiger partial charge >= 0.3 is 0 Å². The SMILES string of the molecule is CC[C@@H](N)c1cnc(F)cc1C. The second-order valence-electron chi connectivity index (χ2n) is 2.88. The lowest BCUT2D eigenvalue weighted by molar-refractivity contribution is 0.576. The van der Waals surface area contributed by atoms with Crippen LogP contribution in [-0.4, -0.2) is 4.98 Å². The molecule has 1 aromatic heterocycles. The predicted molar refractivity (Wildman–Crippen MR) is 46.2 cm³/mol. The van der Waals surface area contributed by atoms with E-state index in [9.17, 15) is 4.39 Å². The maximum absolute atomic E-state index is 12.6. The highest BCUT2D eigenvalue weighted by Gasteiger charge is 2.07. The molecule has 0 fully saturated rings. The highest BCUT2D eigenvalue weighted by atomic mass is 19.1.